The van der Waals surface area contributed by atoms with Gasteiger partial charge in [-0.3, -0.25) is 4.68 Å². The Bertz CT molecular complexity index is 627. The van der Waals surface area contributed by atoms with Crippen LogP contribution in [0.15, 0.2) is 30.6 Å². The number of aromatic nitrogens is 2. The molecular weight excluding hydrogens is 327 g/mol. The fraction of sp³-hybridized carbons (Fsp3) is 0.286. The van der Waals surface area contributed by atoms with Crippen LogP contribution in [0, 0.1) is 0 Å². The number of nitrogens with one attached hydrogen (secondary N) is 2. The second-order valence-electron chi connectivity index (χ2n) is 4.56. The van der Waals surface area contributed by atoms with Crippen LogP contribution in [0.25, 0.3) is 0 Å². The van der Waals surface area contributed by atoms with Crippen LogP contribution in [0.5, 0.6) is 0 Å². The third-order valence-corrected chi connectivity index (χ3v) is 3.74. The topological polar surface area (TPSA) is 41.9 Å². The third kappa shape index (κ3) is 4.88. The van der Waals surface area contributed by atoms with Crippen molar-refractivity contribution in [2.75, 3.05) is 11.9 Å². The SMILES string of the molecule is CCCNC(=S)Nc1cnn(Cc2ccc(Cl)c(Cl)c2)c1. The van der Waals surface area contributed by atoms with E-state index in [0.717, 1.165) is 24.2 Å². The fourth-order valence-corrected chi connectivity index (χ4v) is 2.29. The van der Waals surface area contributed by atoms with Gasteiger partial charge in [0.15, 0.2) is 5.11 Å². The maximum atomic E-state index is 6.00. The van der Waals surface area contributed by atoms with Gasteiger partial charge in [0.2, 0.25) is 0 Å². The van der Waals surface area contributed by atoms with E-state index in [2.05, 4.69) is 22.7 Å². The number of rotatable bonds is 5. The standard InChI is InChI=1S/C14H16Cl2N4S/c1-2-5-17-14(21)19-11-7-18-20(9-11)8-10-3-4-12(15)13(16)6-10/h3-4,6-7,9H,2,5,8H2,1H3,(H2,17,19,21). The zero-order valence-electron chi connectivity index (χ0n) is 11.6. The molecule has 0 aliphatic rings. The molecule has 0 saturated carbocycles. The fourth-order valence-electron chi connectivity index (χ4n) is 1.75. The minimum atomic E-state index is 0.546. The Labute approximate surface area is 139 Å². The molecule has 0 atom stereocenters. The molecule has 2 N–H and O–H groups in total. The molecule has 7 heteroatoms. The largest absolute Gasteiger partial charge is 0.362 e. The molecule has 21 heavy (non-hydrogen) atoms. The van der Waals surface area contributed by atoms with Crippen molar-refractivity contribution < 1.29 is 0 Å². The van der Waals surface area contributed by atoms with E-state index < -0.39 is 0 Å². The van der Waals surface area contributed by atoms with Crippen LogP contribution in [0.1, 0.15) is 18.9 Å². The number of halogens is 2. The Kier molecular flexibility index (Phi) is 5.85. The summed E-state index contributed by atoms with van der Waals surface area (Å²) in [4.78, 5) is 0. The van der Waals surface area contributed by atoms with E-state index in [-0.39, 0.29) is 0 Å². The summed E-state index contributed by atoms with van der Waals surface area (Å²) in [7, 11) is 0. The van der Waals surface area contributed by atoms with Gasteiger partial charge in [0.1, 0.15) is 0 Å². The highest BCUT2D eigenvalue weighted by Crippen LogP contribution is 2.23. The minimum Gasteiger partial charge on any atom is -0.362 e. The summed E-state index contributed by atoms with van der Waals surface area (Å²) in [5.74, 6) is 0. The van der Waals surface area contributed by atoms with E-state index >= 15 is 0 Å². The zero-order chi connectivity index (χ0) is 15.2. The highest BCUT2D eigenvalue weighted by Gasteiger charge is 2.04. The molecule has 112 valence electrons. The number of benzene rings is 1. The smallest absolute Gasteiger partial charge is 0.170 e. The summed E-state index contributed by atoms with van der Waals surface area (Å²) >= 11 is 17.1. The first kappa shape index (κ1) is 16.1. The van der Waals surface area contributed by atoms with Crippen LogP contribution >= 0.6 is 35.4 Å². The van der Waals surface area contributed by atoms with Crippen molar-refractivity contribution in [2.45, 2.75) is 19.9 Å². The van der Waals surface area contributed by atoms with E-state index in [4.69, 9.17) is 35.4 Å². The van der Waals surface area contributed by atoms with E-state index in [1.807, 2.05) is 23.0 Å². The van der Waals surface area contributed by atoms with Crippen LogP contribution in [-0.2, 0) is 6.54 Å². The van der Waals surface area contributed by atoms with E-state index in [0.29, 0.717) is 21.7 Å². The number of hydrogen-bond donors (Lipinski definition) is 2. The van der Waals surface area contributed by atoms with Crippen molar-refractivity contribution in [2.24, 2.45) is 0 Å². The summed E-state index contributed by atoms with van der Waals surface area (Å²) in [6.45, 7) is 3.56. The summed E-state index contributed by atoms with van der Waals surface area (Å²) < 4.78 is 1.81. The number of hydrogen-bond acceptors (Lipinski definition) is 2. The Morgan fingerprint density at radius 3 is 2.86 bits per heavy atom. The van der Waals surface area contributed by atoms with Gasteiger partial charge in [-0.1, -0.05) is 36.2 Å². The van der Waals surface area contributed by atoms with E-state index in [1.165, 1.54) is 0 Å². The summed E-state index contributed by atoms with van der Waals surface area (Å²) in [6, 6.07) is 5.55. The van der Waals surface area contributed by atoms with Gasteiger partial charge >= 0.3 is 0 Å². The van der Waals surface area contributed by atoms with E-state index in [1.54, 1.807) is 12.3 Å². The van der Waals surface area contributed by atoms with Gasteiger partial charge in [0.05, 0.1) is 28.5 Å². The maximum Gasteiger partial charge on any atom is 0.170 e. The average molecular weight is 343 g/mol. The summed E-state index contributed by atoms with van der Waals surface area (Å²) in [5, 5.41) is 12.2. The van der Waals surface area contributed by atoms with E-state index in [9.17, 15) is 0 Å². The molecular formula is C14H16Cl2N4S. The molecule has 0 aliphatic heterocycles. The Balaban J connectivity index is 1.96. The molecule has 0 spiro atoms. The molecule has 0 saturated heterocycles. The Morgan fingerprint density at radius 1 is 1.33 bits per heavy atom. The molecule has 2 rings (SSSR count). The lowest BCUT2D eigenvalue weighted by Gasteiger charge is -2.07. The Hall–Kier alpha value is -1.30. The molecule has 0 radical (unpaired) electrons. The molecule has 2 aromatic rings. The van der Waals surface area contributed by atoms with Crippen molar-refractivity contribution in [1.82, 2.24) is 15.1 Å². The quantitative estimate of drug-likeness (QED) is 0.807. The highest BCUT2D eigenvalue weighted by molar-refractivity contribution is 7.80. The van der Waals surface area contributed by atoms with Gasteiger partial charge in [-0.25, -0.2) is 0 Å². The molecule has 1 heterocycles. The molecule has 0 amide bonds. The Morgan fingerprint density at radius 2 is 2.14 bits per heavy atom. The number of anilines is 1. The van der Waals surface area contributed by atoms with Crippen LogP contribution in [0.3, 0.4) is 0 Å². The molecule has 0 bridgehead atoms. The predicted octanol–water partition coefficient (Wildman–Crippen LogP) is 3.93. The van der Waals surface area contributed by atoms with Crippen molar-refractivity contribution in [1.29, 1.82) is 0 Å². The molecule has 0 unspecified atom stereocenters. The summed E-state index contributed by atoms with van der Waals surface area (Å²) in [6.07, 6.45) is 4.65. The first-order valence-corrected chi connectivity index (χ1v) is 7.76. The van der Waals surface area contributed by atoms with Gasteiger partial charge in [-0.2, -0.15) is 5.10 Å². The van der Waals surface area contributed by atoms with Gasteiger partial charge in [0.25, 0.3) is 0 Å². The molecule has 0 fully saturated rings. The van der Waals surface area contributed by atoms with Crippen LogP contribution in [0.4, 0.5) is 5.69 Å². The summed E-state index contributed by atoms with van der Waals surface area (Å²) in [5.41, 5.74) is 1.88. The first-order chi connectivity index (χ1) is 10.1. The van der Waals surface area contributed by atoms with Crippen LogP contribution in [0.2, 0.25) is 10.0 Å². The molecule has 1 aromatic carbocycles. The normalized spacial score (nSPS) is 10.4. The second-order valence-corrected chi connectivity index (χ2v) is 5.78. The van der Waals surface area contributed by atoms with Gasteiger partial charge in [-0.15, -0.1) is 0 Å². The average Bonchev–Trinajstić information content (AvgIpc) is 2.88. The van der Waals surface area contributed by atoms with Crippen molar-refractivity contribution in [3.63, 3.8) is 0 Å². The molecule has 1 aromatic heterocycles. The third-order valence-electron chi connectivity index (χ3n) is 2.76. The monoisotopic (exact) mass is 342 g/mol. The number of thiocarbonyl (C=S) groups is 1. The van der Waals surface area contributed by atoms with Gasteiger partial charge in [0, 0.05) is 12.7 Å². The lowest BCUT2D eigenvalue weighted by Crippen LogP contribution is -2.28. The maximum absolute atomic E-state index is 6.00. The minimum absolute atomic E-state index is 0.546. The van der Waals surface area contributed by atoms with Crippen molar-refractivity contribution >= 4 is 46.2 Å². The van der Waals surface area contributed by atoms with Gasteiger partial charge < -0.3 is 10.6 Å². The molecule has 0 aliphatic carbocycles. The predicted molar refractivity (Wildman–Crippen MR) is 92.3 cm³/mol. The lowest BCUT2D eigenvalue weighted by atomic mass is 10.2. The van der Waals surface area contributed by atoms with Crippen LogP contribution < -0.4 is 10.6 Å². The van der Waals surface area contributed by atoms with Crippen molar-refractivity contribution in [3.8, 4) is 0 Å². The lowest BCUT2D eigenvalue weighted by molar-refractivity contribution is 0.687. The molecule has 4 nitrogen and oxygen atoms in total. The van der Waals surface area contributed by atoms with Crippen LogP contribution in [-0.4, -0.2) is 21.4 Å². The first-order valence-electron chi connectivity index (χ1n) is 6.59. The second kappa shape index (κ2) is 7.64. The number of nitrogens with zero attached hydrogens (tertiary/aromatic N) is 2. The zero-order valence-corrected chi connectivity index (χ0v) is 13.9. The van der Waals surface area contributed by atoms with Crippen molar-refractivity contribution in [3.05, 3.63) is 46.2 Å². The highest BCUT2D eigenvalue weighted by atomic mass is 35.5. The van der Waals surface area contributed by atoms with Gasteiger partial charge in [-0.05, 0) is 36.3 Å².